The maximum absolute atomic E-state index is 15.6. The van der Waals surface area contributed by atoms with E-state index >= 15 is 4.39 Å². The normalized spacial score (nSPS) is 17.1. The summed E-state index contributed by atoms with van der Waals surface area (Å²) >= 11 is 3.21. The quantitative estimate of drug-likeness (QED) is 0.0963. The highest BCUT2D eigenvalue weighted by Crippen LogP contribution is 2.33. The lowest BCUT2D eigenvalue weighted by atomic mass is 9.90. The van der Waals surface area contributed by atoms with Crippen molar-refractivity contribution in [3.05, 3.63) is 82.1 Å². The molecule has 0 aliphatic carbocycles. The Balaban J connectivity index is 0.971. The number of fused-ring (bicyclic) bond motifs is 1. The molecule has 3 amide bonds. The van der Waals surface area contributed by atoms with Gasteiger partial charge in [0.1, 0.15) is 11.3 Å². The van der Waals surface area contributed by atoms with E-state index in [9.17, 15) is 18.8 Å². The number of piperidine rings is 2. The van der Waals surface area contributed by atoms with Gasteiger partial charge in [-0.05, 0) is 73.7 Å². The Labute approximate surface area is 284 Å². The van der Waals surface area contributed by atoms with Crippen molar-refractivity contribution in [2.45, 2.75) is 31.6 Å². The number of carbonyl (C=O) groups excluding carboxylic acids is 3. The number of nitrogens with one attached hydrogen (secondary N) is 4. The van der Waals surface area contributed by atoms with Crippen LogP contribution in [0.25, 0.3) is 11.0 Å². The molecular weight excluding hydrogens is 688 g/mol. The molecule has 11 nitrogen and oxygen atoms in total. The Hall–Kier alpha value is -4.40. The largest absolute Gasteiger partial charge is 0.372 e. The van der Waals surface area contributed by atoms with E-state index in [0.717, 1.165) is 43.7 Å². The van der Waals surface area contributed by atoms with Gasteiger partial charge < -0.3 is 20.1 Å². The van der Waals surface area contributed by atoms with Crippen LogP contribution in [0.5, 0.6) is 0 Å². The van der Waals surface area contributed by atoms with Crippen molar-refractivity contribution in [1.82, 2.24) is 25.7 Å². The number of amides is 3. The average Bonchev–Trinajstić information content (AvgIpc) is 3.45. The molecule has 2 aliphatic heterocycles. The minimum absolute atomic E-state index is 0.00173. The lowest BCUT2D eigenvalue weighted by Crippen LogP contribution is -2.40. The van der Waals surface area contributed by atoms with Crippen LogP contribution in [0.2, 0.25) is 0 Å². The van der Waals surface area contributed by atoms with Crippen molar-refractivity contribution in [1.29, 1.82) is 0 Å². The molecule has 2 aliphatic rings. The SMILES string of the molecule is Cn1cnc2c(F)c(Nc3ccc(Br)cc3F)c(C(=O)NOCCNCC3CCN(c4cccc(C5CCC(=O)NC5=O)c4)CC3)cc21. The third-order valence-corrected chi connectivity index (χ3v) is 9.36. The lowest BCUT2D eigenvalue weighted by Gasteiger charge is -2.34. The highest BCUT2D eigenvalue weighted by molar-refractivity contribution is 9.10. The molecule has 1 unspecified atom stereocenters. The molecule has 0 spiro atoms. The van der Waals surface area contributed by atoms with Crippen LogP contribution in [0.3, 0.4) is 0 Å². The van der Waals surface area contributed by atoms with Crippen molar-refractivity contribution in [2.24, 2.45) is 13.0 Å². The van der Waals surface area contributed by atoms with E-state index in [2.05, 4.69) is 59.4 Å². The van der Waals surface area contributed by atoms with Crippen LogP contribution in [0, 0.1) is 17.6 Å². The molecule has 3 aromatic carbocycles. The Morgan fingerprint density at radius 1 is 1.10 bits per heavy atom. The predicted octanol–water partition coefficient (Wildman–Crippen LogP) is 5.05. The summed E-state index contributed by atoms with van der Waals surface area (Å²) in [5.41, 5.74) is 4.56. The van der Waals surface area contributed by atoms with E-state index in [0.29, 0.717) is 35.3 Å². The molecular formula is C34H36BrF2N7O4. The van der Waals surface area contributed by atoms with Crippen molar-refractivity contribution in [3.63, 3.8) is 0 Å². The Morgan fingerprint density at radius 2 is 1.92 bits per heavy atom. The maximum atomic E-state index is 15.6. The minimum Gasteiger partial charge on any atom is -0.372 e. The number of benzene rings is 3. The number of rotatable bonds is 11. The standard InChI is InChI=1S/C34H36BrF2N7O4/c1-43-19-39-32-28(43)17-25(31(30(32)37)40-27-7-5-22(35)16-26(27)36)34(47)42-48-14-11-38-18-20-9-12-44(13-10-20)23-4-2-3-21(15-23)24-6-8-29(45)41-33(24)46/h2-5,7,15-17,19-20,24,38,40H,6,8-14,18H2,1H3,(H,42,47)(H,41,45,46). The number of nitrogens with zero attached hydrogens (tertiary/aromatic N) is 3. The first kappa shape index (κ1) is 33.5. The van der Waals surface area contributed by atoms with Crippen LogP contribution in [-0.4, -0.2) is 60.1 Å². The first-order valence-electron chi connectivity index (χ1n) is 15.8. The molecule has 0 radical (unpaired) electrons. The first-order chi connectivity index (χ1) is 23.2. The van der Waals surface area contributed by atoms with E-state index < -0.39 is 17.5 Å². The number of hydroxylamine groups is 1. The molecule has 1 atom stereocenters. The van der Waals surface area contributed by atoms with Crippen LogP contribution in [0.15, 0.2) is 59.3 Å². The van der Waals surface area contributed by atoms with Crippen LogP contribution in [0.4, 0.5) is 25.8 Å². The second-order valence-corrected chi connectivity index (χ2v) is 13.0. The second kappa shape index (κ2) is 14.8. The summed E-state index contributed by atoms with van der Waals surface area (Å²) in [6.07, 6.45) is 4.30. The number of anilines is 3. The van der Waals surface area contributed by atoms with Crippen molar-refractivity contribution in [2.75, 3.05) is 43.0 Å². The summed E-state index contributed by atoms with van der Waals surface area (Å²) in [5, 5.41) is 8.54. The van der Waals surface area contributed by atoms with Crippen LogP contribution < -0.4 is 26.3 Å². The first-order valence-corrected chi connectivity index (χ1v) is 16.6. The fourth-order valence-electron chi connectivity index (χ4n) is 6.20. The number of hydrogen-bond acceptors (Lipinski definition) is 8. The number of carbonyl (C=O) groups is 3. The van der Waals surface area contributed by atoms with E-state index in [1.165, 1.54) is 24.5 Å². The van der Waals surface area contributed by atoms with Gasteiger partial charge in [0.15, 0.2) is 5.82 Å². The van der Waals surface area contributed by atoms with E-state index in [-0.39, 0.29) is 46.8 Å². The zero-order valence-corrected chi connectivity index (χ0v) is 27.9. The van der Waals surface area contributed by atoms with Gasteiger partial charge in [-0.15, -0.1) is 0 Å². The van der Waals surface area contributed by atoms with Crippen molar-refractivity contribution < 1.29 is 28.0 Å². The molecule has 1 aromatic heterocycles. The summed E-state index contributed by atoms with van der Waals surface area (Å²) in [7, 11) is 1.69. The number of hydrogen-bond donors (Lipinski definition) is 4. The molecule has 4 N–H and O–H groups in total. The van der Waals surface area contributed by atoms with Gasteiger partial charge in [0.05, 0.1) is 41.3 Å². The molecule has 48 heavy (non-hydrogen) atoms. The summed E-state index contributed by atoms with van der Waals surface area (Å²) in [4.78, 5) is 48.9. The summed E-state index contributed by atoms with van der Waals surface area (Å²) in [5.74, 6) is -2.37. The lowest BCUT2D eigenvalue weighted by molar-refractivity contribution is -0.134. The van der Waals surface area contributed by atoms with Gasteiger partial charge >= 0.3 is 0 Å². The van der Waals surface area contributed by atoms with E-state index in [4.69, 9.17) is 4.84 Å². The van der Waals surface area contributed by atoms with Crippen LogP contribution >= 0.6 is 15.9 Å². The fourth-order valence-corrected chi connectivity index (χ4v) is 6.53. The van der Waals surface area contributed by atoms with E-state index in [1.54, 1.807) is 17.7 Å². The number of halogens is 3. The summed E-state index contributed by atoms with van der Waals surface area (Å²) in [6, 6.07) is 13.8. The maximum Gasteiger partial charge on any atom is 0.277 e. The highest BCUT2D eigenvalue weighted by Gasteiger charge is 2.29. The zero-order chi connectivity index (χ0) is 33.8. The van der Waals surface area contributed by atoms with Crippen molar-refractivity contribution >= 4 is 61.7 Å². The average molecular weight is 725 g/mol. The molecule has 0 saturated carbocycles. The molecule has 3 heterocycles. The minimum atomic E-state index is -0.782. The Bertz CT molecular complexity index is 1840. The van der Waals surface area contributed by atoms with Crippen LogP contribution in [0.1, 0.15) is 47.5 Å². The third kappa shape index (κ3) is 7.50. The van der Waals surface area contributed by atoms with Gasteiger partial charge in [-0.3, -0.25) is 24.5 Å². The van der Waals surface area contributed by atoms with Gasteiger partial charge in [0, 0.05) is 43.3 Å². The Kier molecular flexibility index (Phi) is 10.3. The number of imidazole rings is 1. The number of aromatic nitrogens is 2. The van der Waals surface area contributed by atoms with Gasteiger partial charge in [0.2, 0.25) is 11.8 Å². The fraction of sp³-hybridized carbons (Fsp3) is 0.353. The number of aryl methyl sites for hydroxylation is 1. The molecule has 4 aromatic rings. The molecule has 252 valence electrons. The zero-order valence-electron chi connectivity index (χ0n) is 26.3. The van der Waals surface area contributed by atoms with Crippen molar-refractivity contribution in [3.8, 4) is 0 Å². The molecule has 0 bridgehead atoms. The van der Waals surface area contributed by atoms with Gasteiger partial charge in [-0.1, -0.05) is 28.1 Å². The number of imide groups is 1. The van der Waals surface area contributed by atoms with Crippen LogP contribution in [-0.2, 0) is 21.5 Å². The van der Waals surface area contributed by atoms with Gasteiger partial charge in [-0.2, -0.15) is 0 Å². The second-order valence-electron chi connectivity index (χ2n) is 12.1. The molecule has 2 fully saturated rings. The smallest absolute Gasteiger partial charge is 0.277 e. The predicted molar refractivity (Wildman–Crippen MR) is 181 cm³/mol. The monoisotopic (exact) mass is 723 g/mol. The highest BCUT2D eigenvalue weighted by atomic mass is 79.9. The van der Waals surface area contributed by atoms with Gasteiger partial charge in [0.25, 0.3) is 5.91 Å². The van der Waals surface area contributed by atoms with Gasteiger partial charge in [-0.25, -0.2) is 19.2 Å². The van der Waals surface area contributed by atoms with E-state index in [1.807, 2.05) is 12.1 Å². The summed E-state index contributed by atoms with van der Waals surface area (Å²) in [6.45, 7) is 3.22. The summed E-state index contributed by atoms with van der Waals surface area (Å²) < 4.78 is 32.3. The third-order valence-electron chi connectivity index (χ3n) is 8.87. The molecule has 2 saturated heterocycles. The topological polar surface area (TPSA) is 130 Å². The Morgan fingerprint density at radius 3 is 2.69 bits per heavy atom. The molecule has 6 rings (SSSR count). The molecule has 14 heteroatoms.